The van der Waals surface area contributed by atoms with Crippen LogP contribution in [0.3, 0.4) is 0 Å². The molecule has 0 saturated carbocycles. The number of hydrogen-bond donors (Lipinski definition) is 0. The average Bonchev–Trinajstić information content (AvgIpc) is 2.29. The Bertz CT molecular complexity index is 535. The van der Waals surface area contributed by atoms with Gasteiger partial charge in [0, 0.05) is 21.5 Å². The van der Waals surface area contributed by atoms with Crippen LogP contribution in [0.5, 0.6) is 0 Å². The monoisotopic (exact) mass is 322 g/mol. The van der Waals surface area contributed by atoms with Crippen molar-refractivity contribution in [2.75, 3.05) is 0 Å². The van der Waals surface area contributed by atoms with Gasteiger partial charge in [-0.2, -0.15) is 0 Å². The number of rotatable bonds is 2. The summed E-state index contributed by atoms with van der Waals surface area (Å²) < 4.78 is 1.14. The summed E-state index contributed by atoms with van der Waals surface area (Å²) in [6.45, 7) is 5.87. The van der Waals surface area contributed by atoms with Gasteiger partial charge in [0.25, 0.3) is 0 Å². The molecule has 2 nitrogen and oxygen atoms in total. The lowest BCUT2D eigenvalue weighted by Crippen LogP contribution is -1.95. The van der Waals surface area contributed by atoms with Crippen molar-refractivity contribution in [2.24, 2.45) is 0 Å². The van der Waals surface area contributed by atoms with Crippen LogP contribution in [0.2, 0.25) is 0 Å². The van der Waals surface area contributed by atoms with E-state index in [1.165, 1.54) is 0 Å². The Labute approximate surface area is 109 Å². The molecule has 2 aromatic heterocycles. The molecule has 2 heterocycles. The molecule has 16 heavy (non-hydrogen) atoms. The zero-order valence-electron chi connectivity index (χ0n) is 8.94. The Balaban J connectivity index is 2.69. The second kappa shape index (κ2) is 4.74. The summed E-state index contributed by atoms with van der Waals surface area (Å²) in [5.74, 6) is 0. The van der Waals surface area contributed by atoms with Crippen LogP contribution in [0.15, 0.2) is 37.2 Å². The van der Waals surface area contributed by atoms with Crippen LogP contribution in [0, 0.1) is 10.5 Å². The first-order valence-corrected chi connectivity index (χ1v) is 6.01. The second-order valence-electron chi connectivity index (χ2n) is 3.43. The van der Waals surface area contributed by atoms with E-state index < -0.39 is 0 Å². The lowest BCUT2D eigenvalue weighted by atomic mass is 10.1. The topological polar surface area (TPSA) is 25.8 Å². The SMILES string of the molecule is C=Cc1c(I)ccnc1-c1ncccc1C. The van der Waals surface area contributed by atoms with Gasteiger partial charge in [-0.3, -0.25) is 9.97 Å². The summed E-state index contributed by atoms with van der Waals surface area (Å²) in [5, 5.41) is 0. The third-order valence-corrected chi connectivity index (χ3v) is 3.32. The van der Waals surface area contributed by atoms with E-state index in [1.807, 2.05) is 31.2 Å². The van der Waals surface area contributed by atoms with Crippen LogP contribution in [0.25, 0.3) is 17.5 Å². The van der Waals surface area contributed by atoms with Crippen molar-refractivity contribution in [2.45, 2.75) is 6.92 Å². The zero-order valence-corrected chi connectivity index (χ0v) is 11.1. The number of hydrogen-bond acceptors (Lipinski definition) is 2. The van der Waals surface area contributed by atoms with Gasteiger partial charge >= 0.3 is 0 Å². The first kappa shape index (κ1) is 11.3. The van der Waals surface area contributed by atoms with Crippen LogP contribution in [-0.2, 0) is 0 Å². The smallest absolute Gasteiger partial charge is 0.0971 e. The van der Waals surface area contributed by atoms with Gasteiger partial charge in [0.2, 0.25) is 0 Å². The van der Waals surface area contributed by atoms with Gasteiger partial charge in [-0.15, -0.1) is 0 Å². The standard InChI is InChI=1S/C13H11IN2/c1-3-10-11(14)6-8-16-13(10)12-9(2)5-4-7-15-12/h3-8H,1H2,2H3. The van der Waals surface area contributed by atoms with Crippen molar-refractivity contribution in [3.8, 4) is 11.4 Å². The Morgan fingerprint density at radius 2 is 1.94 bits per heavy atom. The molecule has 0 aromatic carbocycles. The van der Waals surface area contributed by atoms with Crippen molar-refractivity contribution in [1.82, 2.24) is 9.97 Å². The van der Waals surface area contributed by atoms with E-state index in [2.05, 4.69) is 39.1 Å². The Morgan fingerprint density at radius 3 is 2.62 bits per heavy atom. The minimum atomic E-state index is 0.903. The normalized spacial score (nSPS) is 10.1. The fraction of sp³-hybridized carbons (Fsp3) is 0.0769. The van der Waals surface area contributed by atoms with E-state index in [4.69, 9.17) is 0 Å². The fourth-order valence-electron chi connectivity index (χ4n) is 1.57. The highest BCUT2D eigenvalue weighted by molar-refractivity contribution is 14.1. The Morgan fingerprint density at radius 1 is 1.19 bits per heavy atom. The van der Waals surface area contributed by atoms with Crippen LogP contribution in [0.1, 0.15) is 11.1 Å². The molecule has 0 fully saturated rings. The maximum atomic E-state index is 4.40. The molecule has 2 aromatic rings. The van der Waals surface area contributed by atoms with Gasteiger partial charge in [0.1, 0.15) is 0 Å². The minimum absolute atomic E-state index is 0.903. The first-order valence-electron chi connectivity index (χ1n) is 4.93. The van der Waals surface area contributed by atoms with Crippen LogP contribution >= 0.6 is 22.6 Å². The van der Waals surface area contributed by atoms with E-state index in [9.17, 15) is 0 Å². The van der Waals surface area contributed by atoms with Crippen molar-refractivity contribution >= 4 is 28.7 Å². The fourth-order valence-corrected chi connectivity index (χ4v) is 2.20. The third-order valence-electron chi connectivity index (χ3n) is 2.37. The largest absolute Gasteiger partial charge is 0.254 e. The van der Waals surface area contributed by atoms with Gasteiger partial charge < -0.3 is 0 Å². The van der Waals surface area contributed by atoms with E-state index in [0.29, 0.717) is 0 Å². The molecule has 0 bridgehead atoms. The lowest BCUT2D eigenvalue weighted by Gasteiger charge is -2.08. The summed E-state index contributed by atoms with van der Waals surface area (Å²) >= 11 is 2.29. The molecule has 0 aliphatic heterocycles. The molecular formula is C13H11IN2. The zero-order chi connectivity index (χ0) is 11.5. The summed E-state index contributed by atoms with van der Waals surface area (Å²) in [7, 11) is 0. The molecule has 0 saturated heterocycles. The minimum Gasteiger partial charge on any atom is -0.254 e. The predicted octanol–water partition coefficient (Wildman–Crippen LogP) is 3.70. The molecule has 3 heteroatoms. The van der Waals surface area contributed by atoms with E-state index in [-0.39, 0.29) is 0 Å². The van der Waals surface area contributed by atoms with Crippen molar-refractivity contribution < 1.29 is 0 Å². The molecule has 80 valence electrons. The maximum Gasteiger partial charge on any atom is 0.0971 e. The average molecular weight is 322 g/mol. The lowest BCUT2D eigenvalue weighted by molar-refractivity contribution is 1.20. The number of pyridine rings is 2. The summed E-state index contributed by atoms with van der Waals surface area (Å²) in [4.78, 5) is 8.79. The maximum absolute atomic E-state index is 4.40. The van der Waals surface area contributed by atoms with Crippen LogP contribution < -0.4 is 0 Å². The molecule has 2 rings (SSSR count). The molecule has 0 amide bonds. The van der Waals surface area contributed by atoms with Crippen molar-refractivity contribution in [1.29, 1.82) is 0 Å². The Hall–Kier alpha value is -1.23. The van der Waals surface area contributed by atoms with E-state index >= 15 is 0 Å². The molecule has 0 aliphatic carbocycles. The van der Waals surface area contributed by atoms with E-state index in [0.717, 1.165) is 26.1 Å². The van der Waals surface area contributed by atoms with Crippen molar-refractivity contribution in [3.05, 3.63) is 51.9 Å². The third kappa shape index (κ3) is 2.00. The van der Waals surface area contributed by atoms with Gasteiger partial charge in [0.05, 0.1) is 11.4 Å². The summed E-state index contributed by atoms with van der Waals surface area (Å²) in [6, 6.07) is 5.94. The highest BCUT2D eigenvalue weighted by Crippen LogP contribution is 2.26. The second-order valence-corrected chi connectivity index (χ2v) is 4.59. The number of halogens is 1. The summed E-state index contributed by atoms with van der Waals surface area (Å²) in [6.07, 6.45) is 5.42. The van der Waals surface area contributed by atoms with Crippen LogP contribution in [-0.4, -0.2) is 9.97 Å². The van der Waals surface area contributed by atoms with Gasteiger partial charge in [-0.25, -0.2) is 0 Å². The van der Waals surface area contributed by atoms with Gasteiger partial charge in [-0.05, 0) is 47.2 Å². The molecular weight excluding hydrogens is 311 g/mol. The molecule has 0 unspecified atom stereocenters. The number of nitrogens with zero attached hydrogens (tertiary/aromatic N) is 2. The van der Waals surface area contributed by atoms with Crippen molar-refractivity contribution in [3.63, 3.8) is 0 Å². The first-order chi connectivity index (χ1) is 7.74. The molecule has 0 spiro atoms. The highest BCUT2D eigenvalue weighted by Gasteiger charge is 2.10. The molecule has 0 aliphatic rings. The number of aromatic nitrogens is 2. The van der Waals surface area contributed by atoms with Crippen LogP contribution in [0.4, 0.5) is 0 Å². The highest BCUT2D eigenvalue weighted by atomic mass is 127. The Kier molecular flexibility index (Phi) is 3.33. The van der Waals surface area contributed by atoms with E-state index in [1.54, 1.807) is 12.4 Å². The molecule has 0 atom stereocenters. The quantitative estimate of drug-likeness (QED) is 0.788. The number of aryl methyl sites for hydroxylation is 1. The molecule has 0 N–H and O–H groups in total. The van der Waals surface area contributed by atoms with Gasteiger partial charge in [-0.1, -0.05) is 18.7 Å². The predicted molar refractivity (Wildman–Crippen MR) is 75.0 cm³/mol. The summed E-state index contributed by atoms with van der Waals surface area (Å²) in [5.41, 5.74) is 4.00. The van der Waals surface area contributed by atoms with Gasteiger partial charge in [0.15, 0.2) is 0 Å². The molecule has 0 radical (unpaired) electrons.